The Morgan fingerprint density at radius 3 is 2.84 bits per heavy atom. The van der Waals surface area contributed by atoms with Gasteiger partial charge in [0.05, 0.1) is 11.8 Å². The average Bonchev–Trinajstić information content (AvgIpc) is 3.36. The van der Waals surface area contributed by atoms with Crippen molar-refractivity contribution in [2.24, 2.45) is 5.92 Å². The number of carbonyl (C=O) groups excluding carboxylic acids is 1. The van der Waals surface area contributed by atoms with Crippen molar-refractivity contribution in [2.75, 3.05) is 6.54 Å². The highest BCUT2D eigenvalue weighted by Crippen LogP contribution is 2.38. The number of allylic oxidation sites excluding steroid dienone is 1. The Bertz CT molecular complexity index is 1150. The molecule has 0 unspecified atom stereocenters. The summed E-state index contributed by atoms with van der Waals surface area (Å²) >= 11 is 0. The van der Waals surface area contributed by atoms with Gasteiger partial charge in [-0.2, -0.15) is 18.4 Å². The fourth-order valence-corrected chi connectivity index (χ4v) is 4.08. The van der Waals surface area contributed by atoms with Crippen molar-refractivity contribution in [1.82, 2.24) is 29.7 Å². The third-order valence-corrected chi connectivity index (χ3v) is 5.61. The molecule has 0 aliphatic heterocycles. The summed E-state index contributed by atoms with van der Waals surface area (Å²) in [5, 5.41) is 18.3. The standard InChI is InChI=1S/C20H20F3N7O/c21-20(22,23)11-16(31)29(10-7-24)9-6-13-1-3-14(4-2-13)17-18-15-5-8-25-19(15)26-12-30(18)28-27-17/h5-6,8-9,12-14,25H,1-4,10-11H2/b9-6+. The summed E-state index contributed by atoms with van der Waals surface area (Å²) in [5.74, 6) is -0.796. The van der Waals surface area contributed by atoms with Crippen molar-refractivity contribution in [3.05, 3.63) is 36.6 Å². The molecule has 11 heteroatoms. The van der Waals surface area contributed by atoms with Gasteiger partial charge in [-0.25, -0.2) is 9.50 Å². The summed E-state index contributed by atoms with van der Waals surface area (Å²) in [6, 6.07) is 3.68. The summed E-state index contributed by atoms with van der Waals surface area (Å²) in [6.45, 7) is -0.409. The first-order chi connectivity index (χ1) is 14.9. The highest BCUT2D eigenvalue weighted by Gasteiger charge is 2.33. The maximum atomic E-state index is 12.5. The number of aromatic nitrogens is 5. The zero-order valence-electron chi connectivity index (χ0n) is 16.5. The molecule has 1 N–H and O–H groups in total. The Morgan fingerprint density at radius 2 is 2.13 bits per heavy atom. The molecule has 162 valence electrons. The quantitative estimate of drug-likeness (QED) is 0.621. The van der Waals surface area contributed by atoms with Gasteiger partial charge < -0.3 is 9.88 Å². The number of H-pyrrole nitrogens is 1. The Balaban J connectivity index is 1.43. The molecule has 0 spiro atoms. The summed E-state index contributed by atoms with van der Waals surface area (Å²) < 4.78 is 39.2. The van der Waals surface area contributed by atoms with Gasteiger partial charge in [0.15, 0.2) is 0 Å². The molecule has 1 aliphatic carbocycles. The van der Waals surface area contributed by atoms with Crippen LogP contribution in [0.4, 0.5) is 13.2 Å². The predicted octanol–water partition coefficient (Wildman–Crippen LogP) is 3.70. The minimum Gasteiger partial charge on any atom is -0.346 e. The minimum absolute atomic E-state index is 0.118. The second-order valence-electron chi connectivity index (χ2n) is 7.68. The number of aromatic amines is 1. The van der Waals surface area contributed by atoms with Crippen LogP contribution in [0.15, 0.2) is 30.9 Å². The van der Waals surface area contributed by atoms with E-state index in [0.717, 1.165) is 52.8 Å². The number of amides is 1. The number of halogens is 3. The van der Waals surface area contributed by atoms with Crippen LogP contribution in [-0.2, 0) is 4.79 Å². The molecular weight excluding hydrogens is 411 g/mol. The topological polar surface area (TPSA) is 103 Å². The number of carbonyl (C=O) groups is 1. The first-order valence-corrected chi connectivity index (χ1v) is 9.94. The number of rotatable bonds is 5. The van der Waals surface area contributed by atoms with Crippen LogP contribution in [0.25, 0.3) is 16.6 Å². The van der Waals surface area contributed by atoms with Crippen LogP contribution in [0.2, 0.25) is 0 Å². The van der Waals surface area contributed by atoms with E-state index in [2.05, 4.69) is 20.3 Å². The molecule has 0 atom stereocenters. The average molecular weight is 431 g/mol. The summed E-state index contributed by atoms with van der Waals surface area (Å²) in [6.07, 6.45) is 3.62. The third-order valence-electron chi connectivity index (χ3n) is 5.61. The van der Waals surface area contributed by atoms with E-state index in [1.807, 2.05) is 12.3 Å². The van der Waals surface area contributed by atoms with E-state index in [0.29, 0.717) is 0 Å². The summed E-state index contributed by atoms with van der Waals surface area (Å²) in [7, 11) is 0. The molecule has 31 heavy (non-hydrogen) atoms. The molecule has 4 rings (SSSR count). The maximum absolute atomic E-state index is 12.5. The Kier molecular flexibility index (Phi) is 5.63. The van der Waals surface area contributed by atoms with Crippen LogP contribution in [0.5, 0.6) is 0 Å². The summed E-state index contributed by atoms with van der Waals surface area (Å²) in [4.78, 5) is 20.0. The lowest BCUT2D eigenvalue weighted by molar-refractivity contribution is -0.159. The van der Waals surface area contributed by atoms with Gasteiger partial charge >= 0.3 is 6.18 Å². The Hall–Kier alpha value is -3.42. The number of nitriles is 1. The zero-order chi connectivity index (χ0) is 22.0. The molecule has 8 nitrogen and oxygen atoms in total. The van der Waals surface area contributed by atoms with Gasteiger partial charge in [0.2, 0.25) is 5.91 Å². The molecular formula is C20H20F3N7O. The van der Waals surface area contributed by atoms with Crippen LogP contribution in [-0.4, -0.2) is 48.3 Å². The molecule has 0 bridgehead atoms. The smallest absolute Gasteiger partial charge is 0.346 e. The van der Waals surface area contributed by atoms with Crippen LogP contribution in [0.3, 0.4) is 0 Å². The largest absolute Gasteiger partial charge is 0.397 e. The monoisotopic (exact) mass is 431 g/mol. The molecule has 3 heterocycles. The van der Waals surface area contributed by atoms with Gasteiger partial charge in [-0.3, -0.25) is 4.79 Å². The number of hydrogen-bond acceptors (Lipinski definition) is 5. The van der Waals surface area contributed by atoms with Crippen molar-refractivity contribution in [3.63, 3.8) is 0 Å². The molecule has 0 saturated heterocycles. The van der Waals surface area contributed by atoms with Crippen LogP contribution >= 0.6 is 0 Å². The van der Waals surface area contributed by atoms with E-state index in [9.17, 15) is 18.0 Å². The molecule has 3 aromatic heterocycles. The molecule has 1 fully saturated rings. The highest BCUT2D eigenvalue weighted by molar-refractivity contribution is 5.92. The Morgan fingerprint density at radius 1 is 1.35 bits per heavy atom. The van der Waals surface area contributed by atoms with Crippen LogP contribution in [0, 0.1) is 17.2 Å². The SMILES string of the molecule is N#CCN(/C=C/C1CCC(c2nnn3cnc4[nH]ccc4c23)CC1)C(=O)CC(F)(F)F. The lowest BCUT2D eigenvalue weighted by atomic mass is 9.80. The number of alkyl halides is 3. The van der Waals surface area contributed by atoms with Crippen molar-refractivity contribution in [2.45, 2.75) is 44.2 Å². The van der Waals surface area contributed by atoms with Crippen molar-refractivity contribution in [1.29, 1.82) is 5.26 Å². The molecule has 1 saturated carbocycles. The lowest BCUT2D eigenvalue weighted by Gasteiger charge is -2.26. The first-order valence-electron chi connectivity index (χ1n) is 9.94. The van der Waals surface area contributed by atoms with Crippen LogP contribution in [0.1, 0.15) is 43.7 Å². The third kappa shape index (κ3) is 4.52. The number of fused-ring (bicyclic) bond motifs is 3. The minimum atomic E-state index is -4.60. The van der Waals surface area contributed by atoms with Crippen molar-refractivity contribution in [3.8, 4) is 6.07 Å². The predicted molar refractivity (Wildman–Crippen MR) is 104 cm³/mol. The maximum Gasteiger partial charge on any atom is 0.397 e. The van der Waals surface area contributed by atoms with E-state index in [4.69, 9.17) is 5.26 Å². The van der Waals surface area contributed by atoms with Gasteiger partial charge in [0, 0.05) is 23.7 Å². The van der Waals surface area contributed by atoms with Crippen molar-refractivity contribution >= 4 is 22.5 Å². The molecule has 0 aromatic carbocycles. The van der Waals surface area contributed by atoms with E-state index in [1.165, 1.54) is 6.20 Å². The van der Waals surface area contributed by atoms with E-state index >= 15 is 0 Å². The van der Waals surface area contributed by atoms with E-state index in [-0.39, 0.29) is 11.8 Å². The van der Waals surface area contributed by atoms with Crippen LogP contribution < -0.4 is 0 Å². The number of hydrogen-bond donors (Lipinski definition) is 1. The fourth-order valence-electron chi connectivity index (χ4n) is 4.08. The molecule has 1 amide bonds. The van der Waals surface area contributed by atoms with Gasteiger partial charge in [-0.1, -0.05) is 11.3 Å². The van der Waals surface area contributed by atoms with E-state index < -0.39 is 25.0 Å². The highest BCUT2D eigenvalue weighted by atomic mass is 19.4. The zero-order valence-corrected chi connectivity index (χ0v) is 16.5. The van der Waals surface area contributed by atoms with Crippen molar-refractivity contribution < 1.29 is 18.0 Å². The van der Waals surface area contributed by atoms with Gasteiger partial charge in [-0.05, 0) is 37.7 Å². The van der Waals surface area contributed by atoms with Gasteiger partial charge in [0.25, 0.3) is 0 Å². The molecule has 3 aromatic rings. The Labute approximate surface area is 175 Å². The normalized spacial score (nSPS) is 19.8. The molecule has 0 radical (unpaired) electrons. The lowest BCUT2D eigenvalue weighted by Crippen LogP contribution is -2.30. The second kappa shape index (κ2) is 8.37. The number of nitrogens with one attached hydrogen (secondary N) is 1. The first kappa shape index (κ1) is 20.8. The number of nitrogens with zero attached hydrogens (tertiary/aromatic N) is 6. The second-order valence-corrected chi connectivity index (χ2v) is 7.68. The fraction of sp³-hybridized carbons (Fsp3) is 0.450. The summed E-state index contributed by atoms with van der Waals surface area (Å²) in [5.41, 5.74) is 2.62. The van der Waals surface area contributed by atoms with Gasteiger partial charge in [0.1, 0.15) is 30.5 Å². The van der Waals surface area contributed by atoms with E-state index in [1.54, 1.807) is 23.0 Å². The van der Waals surface area contributed by atoms with Gasteiger partial charge in [-0.15, -0.1) is 5.10 Å². The molecule has 1 aliphatic rings.